The number of ether oxygens (including phenoxy) is 2. The Morgan fingerprint density at radius 2 is 1.71 bits per heavy atom. The lowest BCUT2D eigenvalue weighted by Gasteiger charge is -2.17. The van der Waals surface area contributed by atoms with Crippen molar-refractivity contribution in [3.63, 3.8) is 0 Å². The van der Waals surface area contributed by atoms with Crippen molar-refractivity contribution in [2.75, 3.05) is 14.2 Å². The standard InChI is InChI=1S/C15H12BrClF2O2/c1-20-8-3-4-14(21-2)10(5-8)15(16)9-6-13(19)11(17)7-12(9)18/h3-7,15H,1-2H3. The third-order valence-electron chi connectivity index (χ3n) is 3.02. The van der Waals surface area contributed by atoms with Crippen LogP contribution in [0.4, 0.5) is 8.78 Å². The fraction of sp³-hybridized carbons (Fsp3) is 0.200. The first-order valence-corrected chi connectivity index (χ1v) is 7.27. The van der Waals surface area contributed by atoms with E-state index in [2.05, 4.69) is 15.9 Å². The predicted molar refractivity (Wildman–Crippen MR) is 81.7 cm³/mol. The zero-order valence-electron chi connectivity index (χ0n) is 11.3. The van der Waals surface area contributed by atoms with Crippen LogP contribution in [0.25, 0.3) is 0 Å². The molecule has 0 aliphatic carbocycles. The van der Waals surface area contributed by atoms with E-state index in [0.29, 0.717) is 17.1 Å². The van der Waals surface area contributed by atoms with Gasteiger partial charge in [-0.3, -0.25) is 0 Å². The van der Waals surface area contributed by atoms with Crippen molar-refractivity contribution >= 4 is 27.5 Å². The van der Waals surface area contributed by atoms with Gasteiger partial charge in [0.05, 0.1) is 24.1 Å². The third-order valence-corrected chi connectivity index (χ3v) is 4.30. The molecule has 0 saturated heterocycles. The Kier molecular flexibility index (Phi) is 5.06. The number of alkyl halides is 1. The average molecular weight is 378 g/mol. The monoisotopic (exact) mass is 376 g/mol. The molecule has 0 spiro atoms. The number of benzene rings is 2. The van der Waals surface area contributed by atoms with E-state index in [4.69, 9.17) is 21.1 Å². The van der Waals surface area contributed by atoms with E-state index in [1.807, 2.05) is 0 Å². The molecule has 2 aromatic rings. The van der Waals surface area contributed by atoms with Crippen molar-refractivity contribution in [3.05, 3.63) is 58.1 Å². The molecule has 0 fully saturated rings. The van der Waals surface area contributed by atoms with Gasteiger partial charge in [-0.15, -0.1) is 0 Å². The minimum Gasteiger partial charge on any atom is -0.497 e. The Morgan fingerprint density at radius 1 is 1.00 bits per heavy atom. The lowest BCUT2D eigenvalue weighted by atomic mass is 10.0. The van der Waals surface area contributed by atoms with Gasteiger partial charge in [-0.05, 0) is 30.3 Å². The van der Waals surface area contributed by atoms with Gasteiger partial charge in [0.2, 0.25) is 0 Å². The molecule has 0 bridgehead atoms. The summed E-state index contributed by atoms with van der Waals surface area (Å²) in [5, 5.41) is -0.256. The normalized spacial score (nSPS) is 12.1. The van der Waals surface area contributed by atoms with Gasteiger partial charge >= 0.3 is 0 Å². The molecule has 1 unspecified atom stereocenters. The Hall–Kier alpha value is -1.33. The van der Waals surface area contributed by atoms with E-state index in [0.717, 1.165) is 12.1 Å². The number of hydrogen-bond donors (Lipinski definition) is 0. The maximum absolute atomic E-state index is 14.0. The molecule has 0 aromatic heterocycles. The van der Waals surface area contributed by atoms with Crippen LogP contribution < -0.4 is 9.47 Å². The van der Waals surface area contributed by atoms with Crippen molar-refractivity contribution in [2.45, 2.75) is 4.83 Å². The molecule has 0 heterocycles. The van der Waals surface area contributed by atoms with Crippen LogP contribution in [0, 0.1) is 11.6 Å². The zero-order chi connectivity index (χ0) is 15.6. The van der Waals surface area contributed by atoms with E-state index in [-0.39, 0.29) is 10.6 Å². The second-order valence-corrected chi connectivity index (χ2v) is 5.58. The molecule has 21 heavy (non-hydrogen) atoms. The Morgan fingerprint density at radius 3 is 2.33 bits per heavy atom. The summed E-state index contributed by atoms with van der Waals surface area (Å²) in [7, 11) is 3.03. The number of methoxy groups -OCH3 is 2. The van der Waals surface area contributed by atoms with Crippen molar-refractivity contribution in [1.29, 1.82) is 0 Å². The Balaban J connectivity index is 2.53. The summed E-state index contributed by atoms with van der Waals surface area (Å²) in [4.78, 5) is -0.602. The van der Waals surface area contributed by atoms with Crippen molar-refractivity contribution in [2.24, 2.45) is 0 Å². The molecule has 0 saturated carbocycles. The minimum atomic E-state index is -0.681. The van der Waals surface area contributed by atoms with Crippen LogP contribution in [-0.2, 0) is 0 Å². The summed E-state index contributed by atoms with van der Waals surface area (Å²) in [6, 6.07) is 7.14. The molecule has 2 aromatic carbocycles. The lowest BCUT2D eigenvalue weighted by Crippen LogP contribution is -2.01. The van der Waals surface area contributed by atoms with Gasteiger partial charge in [-0.1, -0.05) is 27.5 Å². The fourth-order valence-electron chi connectivity index (χ4n) is 1.94. The molecule has 0 aliphatic heterocycles. The molecule has 6 heteroatoms. The Bertz CT molecular complexity index is 664. The minimum absolute atomic E-state index is 0.128. The van der Waals surface area contributed by atoms with Gasteiger partial charge in [0.15, 0.2) is 0 Å². The van der Waals surface area contributed by atoms with Crippen LogP contribution in [0.2, 0.25) is 5.02 Å². The zero-order valence-corrected chi connectivity index (χ0v) is 13.6. The predicted octanol–water partition coefficient (Wildman–Crippen LogP) is 5.12. The van der Waals surface area contributed by atoms with Crippen LogP contribution >= 0.6 is 27.5 Å². The molecule has 0 N–H and O–H groups in total. The number of hydrogen-bond acceptors (Lipinski definition) is 2. The summed E-state index contributed by atoms with van der Waals surface area (Å²) in [6.45, 7) is 0. The van der Waals surface area contributed by atoms with Gasteiger partial charge in [0, 0.05) is 11.1 Å². The largest absolute Gasteiger partial charge is 0.497 e. The van der Waals surface area contributed by atoms with E-state index in [1.54, 1.807) is 18.2 Å². The maximum Gasteiger partial charge on any atom is 0.142 e. The average Bonchev–Trinajstić information content (AvgIpc) is 2.49. The first-order chi connectivity index (χ1) is 9.97. The molecule has 2 nitrogen and oxygen atoms in total. The third kappa shape index (κ3) is 3.30. The van der Waals surface area contributed by atoms with Crippen LogP contribution in [0.5, 0.6) is 11.5 Å². The first kappa shape index (κ1) is 16.0. The van der Waals surface area contributed by atoms with Crippen LogP contribution in [0.1, 0.15) is 16.0 Å². The first-order valence-electron chi connectivity index (χ1n) is 5.98. The Labute approximate surface area is 134 Å². The van der Waals surface area contributed by atoms with E-state index < -0.39 is 16.5 Å². The van der Waals surface area contributed by atoms with Gasteiger partial charge in [-0.2, -0.15) is 0 Å². The van der Waals surface area contributed by atoms with Gasteiger partial charge in [-0.25, -0.2) is 8.78 Å². The van der Waals surface area contributed by atoms with E-state index in [1.165, 1.54) is 14.2 Å². The second-order valence-electron chi connectivity index (χ2n) is 4.26. The summed E-state index contributed by atoms with van der Waals surface area (Å²) in [5.74, 6) is -0.162. The second kappa shape index (κ2) is 6.62. The maximum atomic E-state index is 14.0. The van der Waals surface area contributed by atoms with Crippen LogP contribution in [0.3, 0.4) is 0 Å². The van der Waals surface area contributed by atoms with Gasteiger partial charge < -0.3 is 9.47 Å². The van der Waals surface area contributed by atoms with Gasteiger partial charge in [0.25, 0.3) is 0 Å². The molecule has 2 rings (SSSR count). The molecule has 0 radical (unpaired) electrons. The summed E-state index contributed by atoms with van der Waals surface area (Å²) >= 11 is 8.94. The quantitative estimate of drug-likeness (QED) is 0.544. The highest BCUT2D eigenvalue weighted by atomic mass is 79.9. The van der Waals surface area contributed by atoms with Crippen LogP contribution in [-0.4, -0.2) is 14.2 Å². The highest BCUT2D eigenvalue weighted by Gasteiger charge is 2.21. The molecule has 0 amide bonds. The fourth-order valence-corrected chi connectivity index (χ4v) is 2.80. The number of halogens is 4. The van der Waals surface area contributed by atoms with Gasteiger partial charge in [0.1, 0.15) is 23.1 Å². The molecular formula is C15H12BrClF2O2. The van der Waals surface area contributed by atoms with Crippen molar-refractivity contribution in [3.8, 4) is 11.5 Å². The highest BCUT2D eigenvalue weighted by molar-refractivity contribution is 9.09. The summed E-state index contributed by atoms with van der Waals surface area (Å²) in [5.41, 5.74) is 0.751. The summed E-state index contributed by atoms with van der Waals surface area (Å²) < 4.78 is 38.0. The topological polar surface area (TPSA) is 18.5 Å². The molecule has 112 valence electrons. The SMILES string of the molecule is COc1ccc(OC)c(C(Br)c2cc(F)c(Cl)cc2F)c1. The molecule has 0 aliphatic rings. The van der Waals surface area contributed by atoms with Crippen molar-refractivity contribution in [1.82, 2.24) is 0 Å². The molecular weight excluding hydrogens is 366 g/mol. The number of rotatable bonds is 4. The van der Waals surface area contributed by atoms with Crippen LogP contribution in [0.15, 0.2) is 30.3 Å². The van der Waals surface area contributed by atoms with E-state index in [9.17, 15) is 8.78 Å². The van der Waals surface area contributed by atoms with Crippen molar-refractivity contribution < 1.29 is 18.3 Å². The van der Waals surface area contributed by atoms with E-state index >= 15 is 0 Å². The summed E-state index contributed by atoms with van der Waals surface area (Å²) in [6.07, 6.45) is 0. The molecule has 1 atom stereocenters. The highest BCUT2D eigenvalue weighted by Crippen LogP contribution is 2.40. The smallest absolute Gasteiger partial charge is 0.142 e. The lowest BCUT2D eigenvalue weighted by molar-refractivity contribution is 0.399.